The van der Waals surface area contributed by atoms with Crippen LogP contribution in [0.2, 0.25) is 0 Å². The minimum absolute atomic E-state index is 0.221. The van der Waals surface area contributed by atoms with Crippen LogP contribution < -0.4 is 0 Å². The predicted octanol–water partition coefficient (Wildman–Crippen LogP) is 3.52. The van der Waals surface area contributed by atoms with Gasteiger partial charge in [-0.2, -0.15) is 0 Å². The average molecular weight is 373 g/mol. The number of halogens is 1. The van der Waals surface area contributed by atoms with E-state index in [1.165, 1.54) is 14.9 Å². The Morgan fingerprint density at radius 1 is 1.39 bits per heavy atom. The van der Waals surface area contributed by atoms with Gasteiger partial charge in [0.1, 0.15) is 5.01 Å². The summed E-state index contributed by atoms with van der Waals surface area (Å²) in [6, 6.07) is 8.15. The molecule has 0 saturated heterocycles. The summed E-state index contributed by atoms with van der Waals surface area (Å²) in [5.41, 5.74) is 1.98. The molecule has 0 aliphatic carbocycles. The van der Waals surface area contributed by atoms with E-state index in [0.717, 1.165) is 16.3 Å². The molecule has 0 radical (unpaired) electrons. The molecule has 0 unspecified atom stereocenters. The van der Waals surface area contributed by atoms with Crippen LogP contribution in [0.4, 0.5) is 0 Å². The van der Waals surface area contributed by atoms with Gasteiger partial charge in [0.2, 0.25) is 0 Å². The van der Waals surface area contributed by atoms with Crippen LogP contribution in [-0.4, -0.2) is 17.6 Å². The van der Waals surface area contributed by atoms with E-state index in [2.05, 4.69) is 27.6 Å². The van der Waals surface area contributed by atoms with E-state index in [9.17, 15) is 4.79 Å². The molecule has 1 aromatic heterocycles. The average Bonchev–Trinajstić information content (AvgIpc) is 2.78. The lowest BCUT2D eigenvalue weighted by Gasteiger charge is -1.98. The molecular weight excluding hydrogens is 361 g/mol. The largest absolute Gasteiger partial charge is 0.466 e. The van der Waals surface area contributed by atoms with Crippen molar-refractivity contribution >= 4 is 39.9 Å². The van der Waals surface area contributed by atoms with Crippen molar-refractivity contribution in [3.05, 3.63) is 38.2 Å². The summed E-state index contributed by atoms with van der Waals surface area (Å²) in [6.45, 7) is 2.21. The van der Waals surface area contributed by atoms with Gasteiger partial charge < -0.3 is 4.74 Å². The second kappa shape index (κ2) is 6.29. The van der Waals surface area contributed by atoms with Gasteiger partial charge in [-0.15, -0.1) is 11.3 Å². The number of aromatic nitrogens is 1. The van der Waals surface area contributed by atoms with Crippen molar-refractivity contribution in [1.82, 2.24) is 4.98 Å². The Kier molecular flexibility index (Phi) is 4.71. The Morgan fingerprint density at radius 3 is 2.78 bits per heavy atom. The highest BCUT2D eigenvalue weighted by Gasteiger charge is 2.09. The SMILES string of the molecule is CCOC(=O)Cc1nc(-c2ccc(I)cc2)cs1. The van der Waals surface area contributed by atoms with Crippen LogP contribution in [0.3, 0.4) is 0 Å². The predicted molar refractivity (Wildman–Crippen MR) is 80.6 cm³/mol. The van der Waals surface area contributed by atoms with Crippen LogP contribution in [0.1, 0.15) is 11.9 Å². The third kappa shape index (κ3) is 3.52. The molecule has 0 saturated carbocycles. The van der Waals surface area contributed by atoms with Crippen molar-refractivity contribution in [2.45, 2.75) is 13.3 Å². The Hall–Kier alpha value is -0.950. The molecule has 2 aromatic rings. The van der Waals surface area contributed by atoms with Gasteiger partial charge in [-0.25, -0.2) is 4.98 Å². The first-order valence-corrected chi connectivity index (χ1v) is 7.51. The summed E-state index contributed by atoms with van der Waals surface area (Å²) >= 11 is 3.76. The van der Waals surface area contributed by atoms with E-state index in [1.807, 2.05) is 29.6 Å². The van der Waals surface area contributed by atoms with Crippen LogP contribution in [0.25, 0.3) is 11.3 Å². The molecule has 2 rings (SSSR count). The first-order chi connectivity index (χ1) is 8.69. The zero-order valence-electron chi connectivity index (χ0n) is 9.85. The molecule has 0 amide bonds. The minimum Gasteiger partial charge on any atom is -0.466 e. The smallest absolute Gasteiger partial charge is 0.312 e. The molecule has 0 aliphatic rings. The lowest BCUT2D eigenvalue weighted by Crippen LogP contribution is -2.07. The van der Waals surface area contributed by atoms with Crippen LogP contribution >= 0.6 is 33.9 Å². The highest BCUT2D eigenvalue weighted by atomic mass is 127. The summed E-state index contributed by atoms with van der Waals surface area (Å²) in [5, 5.41) is 2.76. The lowest BCUT2D eigenvalue weighted by atomic mass is 10.2. The van der Waals surface area contributed by atoms with Gasteiger partial charge in [0.05, 0.1) is 18.7 Å². The van der Waals surface area contributed by atoms with E-state index in [1.54, 1.807) is 6.92 Å². The molecule has 18 heavy (non-hydrogen) atoms. The number of carbonyl (C=O) groups is 1. The number of hydrogen-bond acceptors (Lipinski definition) is 4. The zero-order valence-corrected chi connectivity index (χ0v) is 12.8. The van der Waals surface area contributed by atoms with Gasteiger partial charge in [0, 0.05) is 14.5 Å². The second-order valence-electron chi connectivity index (χ2n) is 3.62. The van der Waals surface area contributed by atoms with Crippen molar-refractivity contribution in [1.29, 1.82) is 0 Å². The summed E-state index contributed by atoms with van der Waals surface area (Å²) in [6.07, 6.45) is 0.253. The molecule has 3 nitrogen and oxygen atoms in total. The molecule has 1 aromatic carbocycles. The molecule has 0 atom stereocenters. The Balaban J connectivity index is 2.10. The first-order valence-electron chi connectivity index (χ1n) is 5.55. The maximum Gasteiger partial charge on any atom is 0.312 e. The Morgan fingerprint density at radius 2 is 2.11 bits per heavy atom. The van der Waals surface area contributed by atoms with Crippen molar-refractivity contribution in [2.24, 2.45) is 0 Å². The highest BCUT2D eigenvalue weighted by molar-refractivity contribution is 14.1. The van der Waals surface area contributed by atoms with Crippen molar-refractivity contribution in [3.63, 3.8) is 0 Å². The van der Waals surface area contributed by atoms with Crippen molar-refractivity contribution in [2.75, 3.05) is 6.61 Å². The monoisotopic (exact) mass is 373 g/mol. The molecule has 94 valence electrons. The second-order valence-corrected chi connectivity index (χ2v) is 5.80. The number of nitrogens with zero attached hydrogens (tertiary/aromatic N) is 1. The van der Waals surface area contributed by atoms with Crippen LogP contribution in [0.5, 0.6) is 0 Å². The standard InChI is InChI=1S/C13H12INO2S/c1-2-17-13(16)7-12-15-11(8-18-12)9-3-5-10(14)6-4-9/h3-6,8H,2,7H2,1H3. The van der Waals surface area contributed by atoms with E-state index < -0.39 is 0 Å². The summed E-state index contributed by atoms with van der Waals surface area (Å²) in [5.74, 6) is -0.221. The van der Waals surface area contributed by atoms with Gasteiger partial charge in [0.15, 0.2) is 0 Å². The van der Waals surface area contributed by atoms with E-state index in [4.69, 9.17) is 4.74 Å². The fourth-order valence-corrected chi connectivity index (χ4v) is 2.63. The van der Waals surface area contributed by atoms with Gasteiger partial charge in [-0.3, -0.25) is 4.79 Å². The van der Waals surface area contributed by atoms with Crippen LogP contribution in [-0.2, 0) is 16.0 Å². The van der Waals surface area contributed by atoms with E-state index >= 15 is 0 Å². The number of rotatable bonds is 4. The Bertz CT molecular complexity index is 536. The molecule has 1 heterocycles. The first kappa shape index (κ1) is 13.5. The van der Waals surface area contributed by atoms with Gasteiger partial charge in [-0.1, -0.05) is 12.1 Å². The van der Waals surface area contributed by atoms with Gasteiger partial charge in [-0.05, 0) is 41.6 Å². The normalized spacial score (nSPS) is 10.3. The van der Waals surface area contributed by atoms with E-state index in [0.29, 0.717) is 6.61 Å². The number of carbonyl (C=O) groups excluding carboxylic acids is 1. The zero-order chi connectivity index (χ0) is 13.0. The van der Waals surface area contributed by atoms with Gasteiger partial charge in [0.25, 0.3) is 0 Å². The third-order valence-electron chi connectivity index (χ3n) is 2.29. The van der Waals surface area contributed by atoms with E-state index in [-0.39, 0.29) is 12.4 Å². The topological polar surface area (TPSA) is 39.2 Å². The highest BCUT2D eigenvalue weighted by Crippen LogP contribution is 2.23. The van der Waals surface area contributed by atoms with Crippen molar-refractivity contribution in [3.8, 4) is 11.3 Å². The molecule has 0 bridgehead atoms. The summed E-state index contributed by atoms with van der Waals surface area (Å²) in [7, 11) is 0. The fourth-order valence-electron chi connectivity index (χ4n) is 1.48. The number of thiazole rings is 1. The number of hydrogen-bond donors (Lipinski definition) is 0. The maximum atomic E-state index is 11.3. The fraction of sp³-hybridized carbons (Fsp3) is 0.231. The maximum absolute atomic E-state index is 11.3. The molecule has 0 aliphatic heterocycles. The number of esters is 1. The number of benzene rings is 1. The minimum atomic E-state index is -0.221. The molecule has 0 spiro atoms. The Labute approximate surface area is 123 Å². The molecule has 0 N–H and O–H groups in total. The summed E-state index contributed by atoms with van der Waals surface area (Å²) < 4.78 is 6.10. The quantitative estimate of drug-likeness (QED) is 0.608. The van der Waals surface area contributed by atoms with Crippen LogP contribution in [0, 0.1) is 3.57 Å². The van der Waals surface area contributed by atoms with Crippen LogP contribution in [0.15, 0.2) is 29.6 Å². The molecular formula is C13H12INO2S. The molecule has 0 fully saturated rings. The van der Waals surface area contributed by atoms with Gasteiger partial charge >= 0.3 is 5.97 Å². The van der Waals surface area contributed by atoms with Crippen molar-refractivity contribution < 1.29 is 9.53 Å². The third-order valence-corrected chi connectivity index (χ3v) is 3.86. The number of ether oxygens (including phenoxy) is 1. The summed E-state index contributed by atoms with van der Waals surface area (Å²) in [4.78, 5) is 15.8. The molecule has 5 heteroatoms. The lowest BCUT2D eigenvalue weighted by molar-refractivity contribution is -0.142.